The van der Waals surface area contributed by atoms with Gasteiger partial charge in [-0.05, 0) is 76.9 Å². The zero-order valence-corrected chi connectivity index (χ0v) is 33.6. The lowest BCUT2D eigenvalue weighted by molar-refractivity contribution is 0.940. The quantitative estimate of drug-likeness (QED) is 0.174. The second-order valence-electron chi connectivity index (χ2n) is 14.9. The zero-order valence-electron chi connectivity index (χ0n) is 32.8. The Bertz CT molecular complexity index is 3170. The molecule has 0 bridgehead atoms. The van der Waals surface area contributed by atoms with Crippen molar-refractivity contribution in [3.05, 3.63) is 236 Å². The minimum atomic E-state index is 0.198. The molecule has 3 heteroatoms. The summed E-state index contributed by atoms with van der Waals surface area (Å²) < 4.78 is 4.85. The molecule has 8 aromatic rings. The van der Waals surface area contributed by atoms with E-state index >= 15 is 0 Å². The van der Waals surface area contributed by atoms with Gasteiger partial charge in [-0.1, -0.05) is 195 Å². The Morgan fingerprint density at radius 3 is 1.78 bits per heavy atom. The van der Waals surface area contributed by atoms with Gasteiger partial charge in [0, 0.05) is 48.6 Å². The first-order chi connectivity index (χ1) is 29.2. The van der Waals surface area contributed by atoms with E-state index in [4.69, 9.17) is 0 Å². The first-order valence-corrected chi connectivity index (χ1v) is 21.1. The lowest BCUT2D eigenvalue weighted by Gasteiger charge is -2.18. The summed E-state index contributed by atoms with van der Waals surface area (Å²) in [7, 11) is 0. The summed E-state index contributed by atoms with van der Waals surface area (Å²) in [5, 5.41) is 5.01. The summed E-state index contributed by atoms with van der Waals surface area (Å²) in [6.45, 7) is 2.32. The maximum atomic E-state index is 2.44. The Morgan fingerprint density at radius 2 is 1.02 bits per heavy atom. The molecule has 1 unspecified atom stereocenters. The van der Waals surface area contributed by atoms with Crippen LogP contribution in [-0.2, 0) is 0 Å². The molecule has 0 radical (unpaired) electrons. The Morgan fingerprint density at radius 1 is 0.441 bits per heavy atom. The van der Waals surface area contributed by atoms with Crippen LogP contribution in [0, 0.1) is 0 Å². The maximum Gasteiger partial charge on any atom is 0.0552 e. The Labute approximate surface area is 349 Å². The van der Waals surface area contributed by atoms with Gasteiger partial charge in [0.2, 0.25) is 0 Å². The molecule has 0 saturated carbocycles. The molecule has 10 rings (SSSR count). The fraction of sp³-hybridized carbons (Fsp3) is 0.0357. The number of fused-ring (bicyclic) bond motifs is 10. The fourth-order valence-corrected chi connectivity index (χ4v) is 9.84. The van der Waals surface area contributed by atoms with Gasteiger partial charge in [0.25, 0.3) is 0 Å². The van der Waals surface area contributed by atoms with Crippen LogP contribution in [0.5, 0.6) is 0 Å². The lowest BCUT2D eigenvalue weighted by Crippen LogP contribution is -1.97. The monoisotopic (exact) mass is 774 g/mol. The molecule has 282 valence electrons. The molecule has 0 saturated heterocycles. The van der Waals surface area contributed by atoms with E-state index in [1.165, 1.54) is 75.7 Å². The standard InChI is InChI=1S/C56H42N2S/c1-40-22-12-9-10-17-29-48-53(39-38-51-54(48)46-27-18-20-30-49(46)57(51)43-25-15-7-5-3-2-4-6-8-16-26-43)59-56-45(40)36-37-52-55(56)47-28-19-21-31-50(47)58(52)44-34-32-42(33-35-44)41-23-13-11-14-24-41/h2-40H,1H3/b3-2+,4-2?,5-3?,6-4-,7-5+,8-6?,10-9-,15-7?,16-8-,22-12+,25-15?,26-16?,29-17-,43-25?,43-26?. The summed E-state index contributed by atoms with van der Waals surface area (Å²) in [6.07, 6.45) is 36.4. The minimum absolute atomic E-state index is 0.198. The van der Waals surface area contributed by atoms with Crippen LogP contribution in [0.1, 0.15) is 24.0 Å². The van der Waals surface area contributed by atoms with E-state index in [0.717, 1.165) is 11.4 Å². The number of nitrogens with zero attached hydrogens (tertiary/aromatic N) is 2. The Balaban J connectivity index is 1.20. The van der Waals surface area contributed by atoms with Crippen molar-refractivity contribution in [2.75, 3.05) is 0 Å². The summed E-state index contributed by atoms with van der Waals surface area (Å²) in [5.74, 6) is 0.198. The number of para-hydroxylation sites is 2. The highest BCUT2D eigenvalue weighted by atomic mass is 32.2. The van der Waals surface area contributed by atoms with Crippen LogP contribution in [0.3, 0.4) is 0 Å². The van der Waals surface area contributed by atoms with Gasteiger partial charge in [-0.2, -0.15) is 0 Å². The third kappa shape index (κ3) is 6.80. The maximum absolute atomic E-state index is 2.44. The number of benzene rings is 6. The van der Waals surface area contributed by atoms with Gasteiger partial charge in [0.1, 0.15) is 0 Å². The van der Waals surface area contributed by atoms with Crippen LogP contribution in [0.2, 0.25) is 0 Å². The van der Waals surface area contributed by atoms with Gasteiger partial charge in [-0.15, -0.1) is 0 Å². The van der Waals surface area contributed by atoms with Crippen molar-refractivity contribution in [3.8, 4) is 16.8 Å². The van der Waals surface area contributed by atoms with Crippen molar-refractivity contribution in [1.29, 1.82) is 0 Å². The van der Waals surface area contributed by atoms with E-state index in [0.29, 0.717) is 0 Å². The number of hydrogen-bond donors (Lipinski definition) is 0. The first-order valence-electron chi connectivity index (χ1n) is 20.3. The molecule has 0 spiro atoms. The molecule has 59 heavy (non-hydrogen) atoms. The molecular weight excluding hydrogens is 733 g/mol. The first kappa shape index (κ1) is 36.3. The third-order valence-electron chi connectivity index (χ3n) is 11.3. The highest BCUT2D eigenvalue weighted by Crippen LogP contribution is 2.48. The molecular formula is C56H42N2S. The highest BCUT2D eigenvalue weighted by molar-refractivity contribution is 7.99. The Hall–Kier alpha value is -7.07. The summed E-state index contributed by atoms with van der Waals surface area (Å²) >= 11 is 1.90. The lowest BCUT2D eigenvalue weighted by atomic mass is 9.98. The SMILES string of the molecule is CC1/C=C/C=C\C=C/c2c(ccc3c2c2ccccc2n3C2=C\C=C/C=C\C=C\C=C\C=C2)Sc2c1ccc1c2c2ccccc2n1-c1ccc(-c2ccccc2)cc1. The summed E-state index contributed by atoms with van der Waals surface area (Å²) in [5.41, 5.74) is 12.0. The van der Waals surface area contributed by atoms with E-state index < -0.39 is 0 Å². The van der Waals surface area contributed by atoms with Crippen LogP contribution in [0.15, 0.2) is 234 Å². The number of rotatable bonds is 3. The predicted molar refractivity (Wildman–Crippen MR) is 255 cm³/mol. The number of hydrogen-bond acceptors (Lipinski definition) is 1. The normalized spacial score (nSPS) is 19.3. The number of aromatic nitrogens is 2. The van der Waals surface area contributed by atoms with E-state index in [9.17, 15) is 0 Å². The molecule has 2 aliphatic rings. The topological polar surface area (TPSA) is 9.86 Å². The summed E-state index contributed by atoms with van der Waals surface area (Å²) in [4.78, 5) is 2.52. The molecule has 1 atom stereocenters. The average molecular weight is 775 g/mol. The van der Waals surface area contributed by atoms with Gasteiger partial charge in [0.05, 0.1) is 22.1 Å². The average Bonchev–Trinajstić information content (AvgIpc) is 3.79. The molecule has 0 amide bonds. The predicted octanol–water partition coefficient (Wildman–Crippen LogP) is 15.6. The smallest absolute Gasteiger partial charge is 0.0552 e. The van der Waals surface area contributed by atoms with E-state index in [1.54, 1.807) is 0 Å². The molecule has 3 heterocycles. The second kappa shape index (κ2) is 16.1. The van der Waals surface area contributed by atoms with Gasteiger partial charge >= 0.3 is 0 Å². The van der Waals surface area contributed by atoms with Crippen molar-refractivity contribution in [2.45, 2.75) is 22.6 Å². The van der Waals surface area contributed by atoms with Crippen LogP contribution in [0.4, 0.5) is 0 Å². The molecule has 2 aromatic heterocycles. The van der Waals surface area contributed by atoms with Crippen LogP contribution in [-0.4, -0.2) is 9.13 Å². The van der Waals surface area contributed by atoms with Crippen molar-refractivity contribution < 1.29 is 0 Å². The van der Waals surface area contributed by atoms with Gasteiger partial charge in [-0.3, -0.25) is 0 Å². The van der Waals surface area contributed by atoms with Gasteiger partial charge in [-0.25, -0.2) is 0 Å². The van der Waals surface area contributed by atoms with Gasteiger partial charge in [0.15, 0.2) is 0 Å². The van der Waals surface area contributed by atoms with Crippen LogP contribution >= 0.6 is 11.8 Å². The van der Waals surface area contributed by atoms with Crippen molar-refractivity contribution in [1.82, 2.24) is 9.13 Å². The van der Waals surface area contributed by atoms with E-state index in [2.05, 4.69) is 241 Å². The molecule has 0 fully saturated rings. The van der Waals surface area contributed by atoms with Gasteiger partial charge < -0.3 is 9.13 Å². The molecule has 2 nitrogen and oxygen atoms in total. The highest BCUT2D eigenvalue weighted by Gasteiger charge is 2.23. The largest absolute Gasteiger partial charge is 0.309 e. The third-order valence-corrected chi connectivity index (χ3v) is 12.5. The van der Waals surface area contributed by atoms with E-state index in [-0.39, 0.29) is 5.92 Å². The zero-order chi connectivity index (χ0) is 39.5. The molecule has 0 N–H and O–H groups in total. The Kier molecular flexibility index (Phi) is 9.87. The second-order valence-corrected chi connectivity index (χ2v) is 15.9. The fourth-order valence-electron chi connectivity index (χ4n) is 8.51. The van der Waals surface area contributed by atoms with Crippen molar-refractivity contribution in [2.24, 2.45) is 0 Å². The van der Waals surface area contributed by atoms with Crippen molar-refractivity contribution >= 4 is 67.1 Å². The molecule has 1 aliphatic carbocycles. The summed E-state index contributed by atoms with van der Waals surface area (Å²) in [6, 6.07) is 46.7. The molecule has 1 aliphatic heterocycles. The number of allylic oxidation sites excluding steroid dienone is 17. The van der Waals surface area contributed by atoms with Crippen molar-refractivity contribution in [3.63, 3.8) is 0 Å². The molecule has 6 aromatic carbocycles. The minimum Gasteiger partial charge on any atom is -0.309 e. The van der Waals surface area contributed by atoms with E-state index in [1.807, 2.05) is 17.8 Å². The van der Waals surface area contributed by atoms with Crippen LogP contribution in [0.25, 0.3) is 72.2 Å². The van der Waals surface area contributed by atoms with Crippen LogP contribution < -0.4 is 0 Å².